The van der Waals surface area contributed by atoms with Gasteiger partial charge in [0.2, 0.25) is 0 Å². The number of halogens is 1. The van der Waals surface area contributed by atoms with Crippen molar-refractivity contribution in [2.45, 2.75) is 51.6 Å². The van der Waals surface area contributed by atoms with Crippen LogP contribution in [0.5, 0.6) is 0 Å². The van der Waals surface area contributed by atoms with Crippen molar-refractivity contribution in [1.82, 2.24) is 15.0 Å². The number of hydrogen-bond acceptors (Lipinski definition) is 3. The first kappa shape index (κ1) is 14.0. The third-order valence-electron chi connectivity index (χ3n) is 4.26. The molecule has 0 bridgehead atoms. The molecule has 2 unspecified atom stereocenters. The van der Waals surface area contributed by atoms with Gasteiger partial charge in [0.1, 0.15) is 11.3 Å². The van der Waals surface area contributed by atoms with Gasteiger partial charge in [-0.1, -0.05) is 25.5 Å². The summed E-state index contributed by atoms with van der Waals surface area (Å²) in [6, 6.07) is 0. The first-order valence-electron chi connectivity index (χ1n) is 6.72. The van der Waals surface area contributed by atoms with Crippen LogP contribution in [0.2, 0.25) is 0 Å². The van der Waals surface area contributed by atoms with Gasteiger partial charge in [-0.3, -0.25) is 0 Å². The van der Waals surface area contributed by atoms with Crippen LogP contribution in [-0.2, 0) is 12.6 Å². The Bertz CT molecular complexity index is 399. The first-order chi connectivity index (χ1) is 8.44. The molecular formula is C13H22BrN3O. The van der Waals surface area contributed by atoms with Crippen molar-refractivity contribution < 1.29 is 5.11 Å². The van der Waals surface area contributed by atoms with E-state index in [1.165, 1.54) is 6.42 Å². The minimum Gasteiger partial charge on any atom is -0.383 e. The molecule has 1 saturated carbocycles. The van der Waals surface area contributed by atoms with E-state index in [1.54, 1.807) is 4.68 Å². The highest BCUT2D eigenvalue weighted by atomic mass is 79.9. The Kier molecular flexibility index (Phi) is 4.11. The molecule has 5 heteroatoms. The Hall–Kier alpha value is -0.420. The average Bonchev–Trinajstić information content (AvgIpc) is 2.52. The quantitative estimate of drug-likeness (QED) is 0.853. The Morgan fingerprint density at radius 2 is 2.11 bits per heavy atom. The third-order valence-corrected chi connectivity index (χ3v) is 4.80. The van der Waals surface area contributed by atoms with Crippen molar-refractivity contribution in [3.8, 4) is 0 Å². The van der Waals surface area contributed by atoms with E-state index in [9.17, 15) is 5.11 Å². The molecule has 0 radical (unpaired) electrons. The maximum atomic E-state index is 10.9. The van der Waals surface area contributed by atoms with Gasteiger partial charge in [0.05, 0.1) is 0 Å². The fourth-order valence-corrected chi connectivity index (χ4v) is 3.78. The lowest BCUT2D eigenvalue weighted by molar-refractivity contribution is 0.0105. The summed E-state index contributed by atoms with van der Waals surface area (Å²) >= 11 is 3.40. The molecule has 2 rings (SSSR count). The summed E-state index contributed by atoms with van der Waals surface area (Å²) in [7, 11) is 1.84. The van der Waals surface area contributed by atoms with Crippen LogP contribution < -0.4 is 0 Å². The normalized spacial score (nSPS) is 29.6. The zero-order chi connectivity index (χ0) is 13.3. The van der Waals surface area contributed by atoms with E-state index in [0.29, 0.717) is 10.5 Å². The van der Waals surface area contributed by atoms with Gasteiger partial charge in [0.25, 0.3) is 0 Å². The van der Waals surface area contributed by atoms with Crippen molar-refractivity contribution in [2.75, 3.05) is 0 Å². The summed E-state index contributed by atoms with van der Waals surface area (Å²) in [6.45, 7) is 4.55. The second-order valence-electron chi connectivity index (χ2n) is 5.82. The molecule has 1 N–H and O–H groups in total. The van der Waals surface area contributed by atoms with Crippen LogP contribution in [0.15, 0.2) is 4.60 Å². The zero-order valence-corrected chi connectivity index (χ0v) is 12.9. The third kappa shape index (κ3) is 2.62. The van der Waals surface area contributed by atoms with Gasteiger partial charge in [0, 0.05) is 7.05 Å². The van der Waals surface area contributed by atoms with Crippen LogP contribution in [0, 0.1) is 11.8 Å². The van der Waals surface area contributed by atoms with E-state index in [0.717, 1.165) is 37.3 Å². The fourth-order valence-electron chi connectivity index (χ4n) is 3.08. The maximum absolute atomic E-state index is 10.9. The largest absolute Gasteiger partial charge is 0.383 e. The molecule has 1 aliphatic carbocycles. The molecule has 0 aliphatic heterocycles. The topological polar surface area (TPSA) is 50.9 Å². The summed E-state index contributed by atoms with van der Waals surface area (Å²) in [5.41, 5.74) is 0.0488. The number of hydrogen-bond donors (Lipinski definition) is 1. The van der Waals surface area contributed by atoms with Crippen molar-refractivity contribution in [2.24, 2.45) is 18.9 Å². The van der Waals surface area contributed by atoms with Gasteiger partial charge in [-0.2, -0.15) is 0 Å². The molecule has 18 heavy (non-hydrogen) atoms. The molecule has 2 atom stereocenters. The van der Waals surface area contributed by atoms with Crippen molar-refractivity contribution >= 4 is 15.9 Å². The van der Waals surface area contributed by atoms with Crippen LogP contribution in [0.25, 0.3) is 0 Å². The van der Waals surface area contributed by atoms with Gasteiger partial charge < -0.3 is 5.11 Å². The second-order valence-corrected chi connectivity index (χ2v) is 6.57. The number of aromatic nitrogens is 3. The molecule has 1 aromatic heterocycles. The van der Waals surface area contributed by atoms with E-state index in [4.69, 9.17) is 0 Å². The molecule has 0 aromatic carbocycles. The monoisotopic (exact) mass is 315 g/mol. The van der Waals surface area contributed by atoms with Gasteiger partial charge in [-0.05, 0) is 53.4 Å². The van der Waals surface area contributed by atoms with E-state index >= 15 is 0 Å². The molecule has 4 nitrogen and oxygen atoms in total. The predicted octanol–water partition coefficient (Wildman–Crippen LogP) is 3.00. The highest BCUT2D eigenvalue weighted by molar-refractivity contribution is 9.10. The minimum atomic E-state index is -0.777. The van der Waals surface area contributed by atoms with Gasteiger partial charge >= 0.3 is 0 Å². The standard InChI is InChI=1S/C13H22BrN3O/c1-9(2)10-5-4-7-13(18,8-6-10)11-12(14)15-16-17(11)3/h9-10,18H,4-8H2,1-3H3. The number of aliphatic hydroxyl groups is 1. The summed E-state index contributed by atoms with van der Waals surface area (Å²) in [6.07, 6.45) is 4.96. The van der Waals surface area contributed by atoms with Crippen molar-refractivity contribution in [1.29, 1.82) is 0 Å². The van der Waals surface area contributed by atoms with Crippen molar-refractivity contribution in [3.63, 3.8) is 0 Å². The lowest BCUT2D eigenvalue weighted by Gasteiger charge is -2.27. The van der Waals surface area contributed by atoms with Crippen LogP contribution in [0.4, 0.5) is 0 Å². The summed E-state index contributed by atoms with van der Waals surface area (Å²) in [5, 5.41) is 18.9. The van der Waals surface area contributed by atoms with E-state index in [2.05, 4.69) is 40.1 Å². The van der Waals surface area contributed by atoms with Crippen LogP contribution >= 0.6 is 15.9 Å². The maximum Gasteiger partial charge on any atom is 0.154 e. The summed E-state index contributed by atoms with van der Waals surface area (Å²) in [5.74, 6) is 1.42. The first-order valence-corrected chi connectivity index (χ1v) is 7.51. The summed E-state index contributed by atoms with van der Waals surface area (Å²) in [4.78, 5) is 0. The Morgan fingerprint density at radius 1 is 1.39 bits per heavy atom. The molecule has 0 saturated heterocycles. The minimum absolute atomic E-state index is 0.676. The van der Waals surface area contributed by atoms with Crippen LogP contribution in [0.1, 0.15) is 51.6 Å². The van der Waals surface area contributed by atoms with E-state index in [1.807, 2.05) is 7.05 Å². The van der Waals surface area contributed by atoms with Gasteiger partial charge in [-0.15, -0.1) is 5.10 Å². The number of aryl methyl sites for hydroxylation is 1. The smallest absolute Gasteiger partial charge is 0.154 e. The molecule has 102 valence electrons. The molecule has 0 amide bonds. The van der Waals surface area contributed by atoms with Crippen molar-refractivity contribution in [3.05, 3.63) is 10.3 Å². The number of rotatable bonds is 2. The zero-order valence-electron chi connectivity index (χ0n) is 11.4. The molecule has 1 aromatic rings. The van der Waals surface area contributed by atoms with E-state index in [-0.39, 0.29) is 0 Å². The van der Waals surface area contributed by atoms with E-state index < -0.39 is 5.60 Å². The van der Waals surface area contributed by atoms with Crippen LogP contribution in [0.3, 0.4) is 0 Å². The lowest BCUT2D eigenvalue weighted by atomic mass is 9.87. The Labute approximate surface area is 117 Å². The average molecular weight is 316 g/mol. The lowest BCUT2D eigenvalue weighted by Crippen LogP contribution is -2.28. The highest BCUT2D eigenvalue weighted by Gasteiger charge is 2.37. The predicted molar refractivity (Wildman–Crippen MR) is 74.0 cm³/mol. The van der Waals surface area contributed by atoms with Gasteiger partial charge in [-0.25, -0.2) is 4.68 Å². The Morgan fingerprint density at radius 3 is 2.67 bits per heavy atom. The van der Waals surface area contributed by atoms with Crippen LogP contribution in [-0.4, -0.2) is 20.1 Å². The Balaban J connectivity index is 2.22. The second kappa shape index (κ2) is 5.29. The molecule has 1 fully saturated rings. The number of nitrogens with zero attached hydrogens (tertiary/aromatic N) is 3. The SMILES string of the molecule is CC(C)C1CCCC(O)(c2c(Br)nnn2C)CC1. The highest BCUT2D eigenvalue weighted by Crippen LogP contribution is 2.41. The molecule has 1 heterocycles. The molecule has 1 aliphatic rings. The van der Waals surface area contributed by atoms with Gasteiger partial charge in [0.15, 0.2) is 4.60 Å². The molecule has 0 spiro atoms. The fraction of sp³-hybridized carbons (Fsp3) is 0.846. The molecular weight excluding hydrogens is 294 g/mol. The summed E-state index contributed by atoms with van der Waals surface area (Å²) < 4.78 is 2.37.